The van der Waals surface area contributed by atoms with E-state index in [1.165, 1.54) is 6.33 Å². The van der Waals surface area contributed by atoms with Crippen molar-refractivity contribution >= 4 is 34.5 Å². The van der Waals surface area contributed by atoms with E-state index in [-0.39, 0.29) is 17.9 Å². The molecule has 1 aliphatic rings. The zero-order chi connectivity index (χ0) is 24.4. The van der Waals surface area contributed by atoms with Crippen LogP contribution in [0.3, 0.4) is 0 Å². The number of nitrogens with two attached hydrogens (primary N) is 1. The quantitative estimate of drug-likeness (QED) is 0.442. The summed E-state index contributed by atoms with van der Waals surface area (Å²) in [5, 5.41) is 8.24. The molecule has 1 aliphatic heterocycles. The van der Waals surface area contributed by atoms with Gasteiger partial charge in [-0.3, -0.25) is 9.59 Å². The fourth-order valence-corrected chi connectivity index (χ4v) is 4.17. The van der Waals surface area contributed by atoms with E-state index in [0.29, 0.717) is 47.0 Å². The second-order valence-corrected chi connectivity index (χ2v) is 8.07. The maximum absolute atomic E-state index is 12.6. The van der Waals surface area contributed by atoms with Gasteiger partial charge in [-0.05, 0) is 43.5 Å². The van der Waals surface area contributed by atoms with Gasteiger partial charge in [-0.1, -0.05) is 24.1 Å². The van der Waals surface area contributed by atoms with E-state index in [0.717, 1.165) is 12.0 Å². The van der Waals surface area contributed by atoms with E-state index >= 15 is 0 Å². The average molecular weight is 467 g/mol. The molecule has 2 amide bonds. The van der Waals surface area contributed by atoms with Gasteiger partial charge in [-0.25, -0.2) is 19.6 Å². The highest BCUT2D eigenvalue weighted by atomic mass is 16.2. The highest BCUT2D eigenvalue weighted by Crippen LogP contribution is 2.34. The topological polar surface area (TPSA) is 132 Å². The Kier molecular flexibility index (Phi) is 5.81. The van der Waals surface area contributed by atoms with Crippen molar-refractivity contribution in [2.24, 2.45) is 0 Å². The summed E-state index contributed by atoms with van der Waals surface area (Å²) in [6.07, 6.45) is 3.75. The van der Waals surface area contributed by atoms with Gasteiger partial charge in [-0.15, -0.1) is 0 Å². The second-order valence-electron chi connectivity index (χ2n) is 8.07. The van der Waals surface area contributed by atoms with Gasteiger partial charge in [0.25, 0.3) is 11.8 Å². The van der Waals surface area contributed by atoms with Crippen LogP contribution < -0.4 is 11.1 Å². The molecule has 1 atom stereocenters. The fraction of sp³-hybridized carbons (Fsp3) is 0.200. The highest BCUT2D eigenvalue weighted by molar-refractivity contribution is 6.04. The van der Waals surface area contributed by atoms with E-state index in [1.807, 2.05) is 16.8 Å². The van der Waals surface area contributed by atoms with Gasteiger partial charge in [-0.2, -0.15) is 5.10 Å². The number of rotatable bonds is 4. The number of hydrogen-bond acceptors (Lipinski definition) is 7. The Labute approximate surface area is 201 Å². The second kappa shape index (κ2) is 9.23. The third-order valence-corrected chi connectivity index (χ3v) is 5.87. The number of carbonyl (C=O) groups is 2. The number of benzene rings is 1. The van der Waals surface area contributed by atoms with Gasteiger partial charge in [0.05, 0.1) is 11.4 Å². The molecule has 35 heavy (non-hydrogen) atoms. The average Bonchev–Trinajstić information content (AvgIpc) is 3.51. The lowest BCUT2D eigenvalue weighted by Gasteiger charge is -2.14. The lowest BCUT2D eigenvalue weighted by Crippen LogP contribution is -2.28. The predicted molar refractivity (Wildman–Crippen MR) is 131 cm³/mol. The number of amides is 2. The van der Waals surface area contributed by atoms with Crippen LogP contribution in [0.25, 0.3) is 22.3 Å². The Hall–Kier alpha value is -4.78. The Balaban J connectivity index is 1.45. The summed E-state index contributed by atoms with van der Waals surface area (Å²) in [5.74, 6) is 5.58. The normalized spacial score (nSPS) is 15.0. The Morgan fingerprint density at radius 2 is 1.94 bits per heavy atom. The molecular formula is C25H22N8O2. The monoisotopic (exact) mass is 466 g/mol. The minimum atomic E-state index is -0.264. The van der Waals surface area contributed by atoms with Crippen molar-refractivity contribution in [1.82, 2.24) is 29.6 Å². The molecule has 10 heteroatoms. The zero-order valence-corrected chi connectivity index (χ0v) is 19.0. The lowest BCUT2D eigenvalue weighted by molar-refractivity contribution is -0.124. The van der Waals surface area contributed by atoms with Gasteiger partial charge in [0.2, 0.25) is 0 Å². The van der Waals surface area contributed by atoms with Crippen LogP contribution in [0.1, 0.15) is 29.7 Å². The van der Waals surface area contributed by atoms with Crippen LogP contribution in [0.2, 0.25) is 0 Å². The molecule has 0 bridgehead atoms. The number of nitrogens with zero attached hydrogens (tertiary/aromatic N) is 6. The van der Waals surface area contributed by atoms with E-state index in [2.05, 4.69) is 32.1 Å². The van der Waals surface area contributed by atoms with Gasteiger partial charge in [0, 0.05) is 30.4 Å². The van der Waals surface area contributed by atoms with E-state index < -0.39 is 0 Å². The van der Waals surface area contributed by atoms with E-state index in [4.69, 9.17) is 10.8 Å². The predicted octanol–water partition coefficient (Wildman–Crippen LogP) is 2.52. The number of aromatic nitrogens is 5. The molecule has 5 rings (SSSR count). The minimum Gasteiger partial charge on any atom is -0.383 e. The number of hydrogen-bond donors (Lipinski definition) is 2. The van der Waals surface area contributed by atoms with Crippen molar-refractivity contribution in [1.29, 1.82) is 0 Å². The molecule has 0 radical (unpaired) electrons. The van der Waals surface area contributed by atoms with Crippen molar-refractivity contribution in [2.45, 2.75) is 19.4 Å². The summed E-state index contributed by atoms with van der Waals surface area (Å²) in [7, 11) is 0. The van der Waals surface area contributed by atoms with Crippen molar-refractivity contribution in [3.05, 3.63) is 60.6 Å². The molecule has 4 heterocycles. The number of pyridine rings is 1. The molecular weight excluding hydrogens is 444 g/mol. The van der Waals surface area contributed by atoms with Crippen LogP contribution in [-0.4, -0.2) is 54.5 Å². The molecule has 0 spiro atoms. The fourth-order valence-electron chi connectivity index (χ4n) is 4.17. The first kappa shape index (κ1) is 22.0. The van der Waals surface area contributed by atoms with Crippen LogP contribution in [0.15, 0.2) is 55.0 Å². The summed E-state index contributed by atoms with van der Waals surface area (Å²) in [5.41, 5.74) is 8.70. The Morgan fingerprint density at radius 1 is 1.11 bits per heavy atom. The maximum Gasteiger partial charge on any atom is 0.298 e. The number of fused-ring (bicyclic) bond motifs is 1. The van der Waals surface area contributed by atoms with Crippen LogP contribution in [-0.2, 0) is 4.79 Å². The largest absolute Gasteiger partial charge is 0.383 e. The van der Waals surface area contributed by atoms with Crippen molar-refractivity contribution in [2.75, 3.05) is 24.1 Å². The Morgan fingerprint density at radius 3 is 2.69 bits per heavy atom. The van der Waals surface area contributed by atoms with Crippen LogP contribution in [0.4, 0.5) is 11.6 Å². The SMILES string of the molecule is CC#CC(=O)N1CCC(n2nc(-c3ccc(C(=O)Nc4ccccn4)cc3)c3c(N)ncnc32)C1. The molecule has 10 nitrogen and oxygen atoms in total. The lowest BCUT2D eigenvalue weighted by atomic mass is 10.1. The van der Waals surface area contributed by atoms with Gasteiger partial charge in [0.15, 0.2) is 5.65 Å². The molecule has 1 unspecified atom stereocenters. The molecule has 3 N–H and O–H groups in total. The van der Waals surface area contributed by atoms with E-state index in [1.54, 1.807) is 48.4 Å². The van der Waals surface area contributed by atoms with Crippen LogP contribution in [0, 0.1) is 11.8 Å². The summed E-state index contributed by atoms with van der Waals surface area (Å²) < 4.78 is 1.82. The zero-order valence-electron chi connectivity index (χ0n) is 19.0. The molecule has 3 aromatic heterocycles. The third-order valence-electron chi connectivity index (χ3n) is 5.87. The summed E-state index contributed by atoms with van der Waals surface area (Å²) in [6, 6.07) is 12.3. The number of nitrogens with one attached hydrogen (secondary N) is 1. The molecule has 174 valence electrons. The number of likely N-dealkylation sites (tertiary alicyclic amines) is 1. The number of carbonyl (C=O) groups excluding carboxylic acids is 2. The number of nitrogen functional groups attached to an aromatic ring is 1. The number of anilines is 2. The summed E-state index contributed by atoms with van der Waals surface area (Å²) >= 11 is 0. The smallest absolute Gasteiger partial charge is 0.298 e. The molecule has 4 aromatic rings. The summed E-state index contributed by atoms with van der Waals surface area (Å²) in [6.45, 7) is 2.72. The molecule has 1 saturated heterocycles. The van der Waals surface area contributed by atoms with Crippen molar-refractivity contribution in [3.8, 4) is 23.1 Å². The van der Waals surface area contributed by atoms with E-state index in [9.17, 15) is 9.59 Å². The maximum atomic E-state index is 12.6. The van der Waals surface area contributed by atoms with Crippen LogP contribution >= 0.6 is 0 Å². The Bertz CT molecular complexity index is 1470. The van der Waals surface area contributed by atoms with Crippen LogP contribution in [0.5, 0.6) is 0 Å². The van der Waals surface area contributed by atoms with Gasteiger partial charge < -0.3 is 16.0 Å². The first-order chi connectivity index (χ1) is 17.0. The van der Waals surface area contributed by atoms with Crippen molar-refractivity contribution < 1.29 is 9.59 Å². The summed E-state index contributed by atoms with van der Waals surface area (Å²) in [4.78, 5) is 39.2. The molecule has 0 saturated carbocycles. The first-order valence-electron chi connectivity index (χ1n) is 11.1. The van der Waals surface area contributed by atoms with Gasteiger partial charge in [0.1, 0.15) is 23.7 Å². The first-order valence-corrected chi connectivity index (χ1v) is 11.1. The minimum absolute atomic E-state index is 0.0634. The molecule has 1 aromatic carbocycles. The van der Waals surface area contributed by atoms with Gasteiger partial charge >= 0.3 is 0 Å². The third kappa shape index (κ3) is 4.27. The van der Waals surface area contributed by atoms with Crippen molar-refractivity contribution in [3.63, 3.8) is 0 Å². The molecule has 0 aliphatic carbocycles. The molecule has 1 fully saturated rings. The highest BCUT2D eigenvalue weighted by Gasteiger charge is 2.30. The standard InChI is InChI=1S/C25H22N8O2/c1-2-5-20(34)32-13-11-18(14-32)33-24-21(23(26)28-15-29-24)22(31-33)16-7-9-17(10-8-16)25(35)30-19-6-3-4-12-27-19/h3-4,6-10,12,15,18H,11,13-14H2,1H3,(H2,26,28,29)(H,27,30,35).